The maximum Gasteiger partial charge on any atom is 0.256 e. The number of carbonyl (C=O) groups excluding carboxylic acids is 2. The minimum absolute atomic E-state index is 0.0901. The summed E-state index contributed by atoms with van der Waals surface area (Å²) < 4.78 is 13.7. The summed E-state index contributed by atoms with van der Waals surface area (Å²) in [6.45, 7) is 5.25. The van der Waals surface area contributed by atoms with Gasteiger partial charge in [0.05, 0.1) is 12.0 Å². The first-order valence-electron chi connectivity index (χ1n) is 9.88. The lowest BCUT2D eigenvalue weighted by Gasteiger charge is -2.30. The van der Waals surface area contributed by atoms with E-state index in [2.05, 4.69) is 10.3 Å². The molecule has 0 atom stereocenters. The summed E-state index contributed by atoms with van der Waals surface area (Å²) in [5.41, 5.74) is 11.0. The molecule has 7 heteroatoms. The van der Waals surface area contributed by atoms with E-state index in [0.29, 0.717) is 36.3 Å². The molecule has 1 aromatic heterocycles. The van der Waals surface area contributed by atoms with Gasteiger partial charge in [0.2, 0.25) is 5.91 Å². The van der Waals surface area contributed by atoms with Crippen LogP contribution in [0.5, 0.6) is 0 Å². The Hall–Kier alpha value is -2.93. The standard InChI is InChI=1S/C22H25FN4O2/c1-12-16(11-21(28)27-7-5-15(24)6-8-27)13(2)25-20(12)10-18-17-9-14(23)3-4-19(17)26-22(18)29/h3-4,9-10,15,25H,5-8,11,24H2,1-2H3,(H,26,29)/b18-10-. The second kappa shape index (κ2) is 7.48. The van der Waals surface area contributed by atoms with Crippen LogP contribution in [0, 0.1) is 19.7 Å². The molecule has 2 aromatic rings. The molecule has 0 radical (unpaired) electrons. The minimum atomic E-state index is -0.391. The number of likely N-dealkylation sites (tertiary alicyclic amines) is 1. The number of hydrogen-bond acceptors (Lipinski definition) is 3. The number of nitrogens with one attached hydrogen (secondary N) is 2. The first kappa shape index (κ1) is 19.4. The lowest BCUT2D eigenvalue weighted by atomic mass is 10.0. The summed E-state index contributed by atoms with van der Waals surface area (Å²) in [6, 6.07) is 4.42. The highest BCUT2D eigenvalue weighted by Gasteiger charge is 2.26. The predicted molar refractivity (Wildman–Crippen MR) is 111 cm³/mol. The molecule has 1 fully saturated rings. The Morgan fingerprint density at radius 3 is 2.76 bits per heavy atom. The van der Waals surface area contributed by atoms with E-state index < -0.39 is 5.82 Å². The fraction of sp³-hybridized carbons (Fsp3) is 0.364. The van der Waals surface area contributed by atoms with Gasteiger partial charge in [-0.1, -0.05) is 0 Å². The SMILES string of the molecule is Cc1[nH]c(/C=C2\C(=O)Nc3ccc(F)cc32)c(C)c1CC(=O)N1CCC(N)CC1. The van der Waals surface area contributed by atoms with Crippen LogP contribution < -0.4 is 11.1 Å². The van der Waals surface area contributed by atoms with Crippen molar-refractivity contribution < 1.29 is 14.0 Å². The average Bonchev–Trinajstić information content (AvgIpc) is 3.13. The van der Waals surface area contributed by atoms with Crippen LogP contribution in [0.3, 0.4) is 0 Å². The number of halogens is 1. The van der Waals surface area contributed by atoms with Crippen molar-refractivity contribution in [2.24, 2.45) is 5.73 Å². The van der Waals surface area contributed by atoms with Gasteiger partial charge in [0.1, 0.15) is 5.82 Å². The zero-order chi connectivity index (χ0) is 20.7. The topological polar surface area (TPSA) is 91.2 Å². The summed E-state index contributed by atoms with van der Waals surface area (Å²) in [4.78, 5) is 30.3. The molecule has 6 nitrogen and oxygen atoms in total. The Morgan fingerprint density at radius 1 is 1.31 bits per heavy atom. The molecular weight excluding hydrogens is 371 g/mol. The van der Waals surface area contributed by atoms with E-state index in [-0.39, 0.29) is 17.9 Å². The van der Waals surface area contributed by atoms with Crippen LogP contribution in [-0.2, 0) is 16.0 Å². The van der Waals surface area contributed by atoms with Gasteiger partial charge >= 0.3 is 0 Å². The van der Waals surface area contributed by atoms with Crippen LogP contribution in [-0.4, -0.2) is 40.8 Å². The summed E-state index contributed by atoms with van der Waals surface area (Å²) in [7, 11) is 0. The molecule has 2 aliphatic rings. The number of nitrogens with two attached hydrogens (primary N) is 1. The number of H-pyrrole nitrogens is 1. The van der Waals surface area contributed by atoms with Crippen LogP contribution in [0.15, 0.2) is 18.2 Å². The molecule has 2 aliphatic heterocycles. The normalized spacial score (nSPS) is 18.3. The molecule has 0 spiro atoms. The number of benzene rings is 1. The van der Waals surface area contributed by atoms with Gasteiger partial charge in [-0.15, -0.1) is 0 Å². The Kier molecular flexibility index (Phi) is 5.00. The molecule has 4 N–H and O–H groups in total. The number of aromatic amines is 1. The second-order valence-electron chi connectivity index (χ2n) is 7.86. The molecular formula is C22H25FN4O2. The molecule has 0 bridgehead atoms. The van der Waals surface area contributed by atoms with Gasteiger partial charge in [0.25, 0.3) is 5.91 Å². The first-order chi connectivity index (χ1) is 13.8. The Balaban J connectivity index is 1.60. The lowest BCUT2D eigenvalue weighted by Crippen LogP contribution is -2.43. The largest absolute Gasteiger partial charge is 0.359 e. The van der Waals surface area contributed by atoms with Gasteiger partial charge in [0.15, 0.2) is 0 Å². The Labute approximate surface area is 169 Å². The van der Waals surface area contributed by atoms with E-state index in [1.54, 1.807) is 12.1 Å². The third kappa shape index (κ3) is 3.70. The van der Waals surface area contributed by atoms with E-state index in [4.69, 9.17) is 5.73 Å². The molecule has 1 saturated heterocycles. The molecule has 0 saturated carbocycles. The van der Waals surface area contributed by atoms with Crippen molar-refractivity contribution in [1.29, 1.82) is 0 Å². The van der Waals surface area contributed by atoms with Crippen molar-refractivity contribution in [3.05, 3.63) is 52.1 Å². The van der Waals surface area contributed by atoms with Crippen LogP contribution in [0.4, 0.5) is 10.1 Å². The molecule has 0 aliphatic carbocycles. The van der Waals surface area contributed by atoms with Crippen molar-refractivity contribution in [1.82, 2.24) is 9.88 Å². The smallest absolute Gasteiger partial charge is 0.256 e. The summed E-state index contributed by atoms with van der Waals surface area (Å²) in [5, 5.41) is 2.76. The monoisotopic (exact) mass is 396 g/mol. The second-order valence-corrected chi connectivity index (χ2v) is 7.86. The van der Waals surface area contributed by atoms with Crippen LogP contribution >= 0.6 is 0 Å². The van der Waals surface area contributed by atoms with E-state index in [0.717, 1.165) is 35.4 Å². The number of carbonyl (C=O) groups is 2. The highest BCUT2D eigenvalue weighted by Crippen LogP contribution is 2.34. The quantitative estimate of drug-likeness (QED) is 0.697. The van der Waals surface area contributed by atoms with Crippen molar-refractivity contribution in [2.45, 2.75) is 39.2 Å². The highest BCUT2D eigenvalue weighted by atomic mass is 19.1. The van der Waals surface area contributed by atoms with Gasteiger partial charge in [0, 0.05) is 41.8 Å². The van der Waals surface area contributed by atoms with Crippen LogP contribution in [0.25, 0.3) is 11.6 Å². The fourth-order valence-corrected chi connectivity index (χ4v) is 4.08. The molecule has 1 aromatic carbocycles. The number of rotatable bonds is 3. The average molecular weight is 396 g/mol. The number of amides is 2. The zero-order valence-corrected chi connectivity index (χ0v) is 16.6. The number of hydrogen-bond donors (Lipinski definition) is 3. The molecule has 152 valence electrons. The van der Waals surface area contributed by atoms with Crippen molar-refractivity contribution in [2.75, 3.05) is 18.4 Å². The fourth-order valence-electron chi connectivity index (χ4n) is 4.08. The molecule has 2 amide bonds. The summed E-state index contributed by atoms with van der Waals surface area (Å²) >= 11 is 0. The van der Waals surface area contributed by atoms with Gasteiger partial charge in [-0.3, -0.25) is 9.59 Å². The lowest BCUT2D eigenvalue weighted by molar-refractivity contribution is -0.131. The van der Waals surface area contributed by atoms with Crippen molar-refractivity contribution in [3.8, 4) is 0 Å². The Bertz CT molecular complexity index is 1020. The third-order valence-electron chi connectivity index (χ3n) is 5.91. The van der Waals surface area contributed by atoms with Crippen LogP contribution in [0.1, 0.15) is 40.9 Å². The first-order valence-corrected chi connectivity index (χ1v) is 9.88. The summed E-state index contributed by atoms with van der Waals surface area (Å²) in [6.07, 6.45) is 3.71. The Morgan fingerprint density at radius 2 is 2.03 bits per heavy atom. The van der Waals surface area contributed by atoms with Crippen molar-refractivity contribution >= 4 is 29.2 Å². The minimum Gasteiger partial charge on any atom is -0.359 e. The van der Waals surface area contributed by atoms with E-state index in [1.165, 1.54) is 12.1 Å². The van der Waals surface area contributed by atoms with E-state index >= 15 is 0 Å². The maximum atomic E-state index is 13.7. The third-order valence-corrected chi connectivity index (χ3v) is 5.91. The predicted octanol–water partition coefficient (Wildman–Crippen LogP) is 2.76. The molecule has 4 rings (SSSR count). The molecule has 3 heterocycles. The van der Waals surface area contributed by atoms with E-state index in [1.807, 2.05) is 18.7 Å². The van der Waals surface area contributed by atoms with Gasteiger partial charge in [-0.05, 0) is 62.1 Å². The number of anilines is 1. The number of fused-ring (bicyclic) bond motifs is 1. The van der Waals surface area contributed by atoms with Gasteiger partial charge in [-0.25, -0.2) is 4.39 Å². The highest BCUT2D eigenvalue weighted by molar-refractivity contribution is 6.34. The molecule has 0 unspecified atom stereocenters. The number of aromatic nitrogens is 1. The number of nitrogens with zero attached hydrogens (tertiary/aromatic N) is 1. The van der Waals surface area contributed by atoms with Crippen LogP contribution in [0.2, 0.25) is 0 Å². The molecule has 29 heavy (non-hydrogen) atoms. The van der Waals surface area contributed by atoms with Gasteiger partial charge in [-0.2, -0.15) is 0 Å². The summed E-state index contributed by atoms with van der Waals surface area (Å²) in [5.74, 6) is -0.565. The van der Waals surface area contributed by atoms with Gasteiger partial charge < -0.3 is 20.9 Å². The zero-order valence-electron chi connectivity index (χ0n) is 16.6. The van der Waals surface area contributed by atoms with E-state index in [9.17, 15) is 14.0 Å². The number of aryl methyl sites for hydroxylation is 1. The van der Waals surface area contributed by atoms with Crippen molar-refractivity contribution in [3.63, 3.8) is 0 Å². The maximum absolute atomic E-state index is 13.7. The number of piperidine rings is 1.